The Morgan fingerprint density at radius 1 is 1.05 bits per heavy atom. The Hall–Kier alpha value is -0.860. The molecular formula is C19H30N2. The van der Waals surface area contributed by atoms with Crippen LogP contribution < -0.4 is 0 Å². The number of nitrogens with zero attached hydrogens (tertiary/aromatic N) is 2. The molecule has 0 aromatic heterocycles. The van der Waals surface area contributed by atoms with Crippen molar-refractivity contribution in [3.8, 4) is 0 Å². The lowest BCUT2D eigenvalue weighted by Gasteiger charge is -2.34. The smallest absolute Gasteiger partial charge is 0.0237 e. The molecule has 3 rings (SSSR count). The highest BCUT2D eigenvalue weighted by atomic mass is 15.2. The molecule has 0 radical (unpaired) electrons. The SMILES string of the molecule is CCC(CC)C1C2CN(C)CC2CN1Cc1ccccc1. The monoisotopic (exact) mass is 286 g/mol. The topological polar surface area (TPSA) is 6.48 Å². The maximum absolute atomic E-state index is 2.80. The predicted octanol–water partition coefficient (Wildman–Crippen LogP) is 3.48. The molecule has 3 unspecified atom stereocenters. The molecule has 2 fully saturated rings. The molecule has 0 spiro atoms. The van der Waals surface area contributed by atoms with E-state index in [-0.39, 0.29) is 0 Å². The fourth-order valence-electron chi connectivity index (χ4n) is 4.80. The molecule has 0 aliphatic carbocycles. The molecule has 2 nitrogen and oxygen atoms in total. The minimum atomic E-state index is 0.787. The molecule has 1 aromatic rings. The van der Waals surface area contributed by atoms with E-state index in [4.69, 9.17) is 0 Å². The van der Waals surface area contributed by atoms with Gasteiger partial charge in [-0.25, -0.2) is 0 Å². The number of likely N-dealkylation sites (tertiary alicyclic amines) is 2. The van der Waals surface area contributed by atoms with Crippen molar-refractivity contribution < 1.29 is 0 Å². The standard InChI is InChI=1S/C19H30N2/c1-4-16(5-2)19-18-14-20(3)12-17(18)13-21(19)11-15-9-7-6-8-10-15/h6-10,16-19H,4-5,11-14H2,1-3H3. The summed E-state index contributed by atoms with van der Waals surface area (Å²) in [7, 11) is 2.30. The van der Waals surface area contributed by atoms with E-state index in [2.05, 4.69) is 61.0 Å². The predicted molar refractivity (Wildman–Crippen MR) is 89.2 cm³/mol. The summed E-state index contributed by atoms with van der Waals surface area (Å²) in [4.78, 5) is 5.35. The molecule has 0 N–H and O–H groups in total. The second-order valence-electron chi connectivity index (χ2n) is 7.13. The van der Waals surface area contributed by atoms with Crippen LogP contribution in [-0.2, 0) is 6.54 Å². The van der Waals surface area contributed by atoms with Crippen molar-refractivity contribution in [3.63, 3.8) is 0 Å². The Bertz CT molecular complexity index is 440. The van der Waals surface area contributed by atoms with Crippen LogP contribution in [0, 0.1) is 17.8 Å². The van der Waals surface area contributed by atoms with Gasteiger partial charge in [-0.05, 0) is 30.4 Å². The highest BCUT2D eigenvalue weighted by Crippen LogP contribution is 2.41. The first-order chi connectivity index (χ1) is 10.2. The summed E-state index contributed by atoms with van der Waals surface area (Å²) in [6, 6.07) is 11.8. The lowest BCUT2D eigenvalue weighted by Crippen LogP contribution is -2.40. The summed E-state index contributed by atoms with van der Waals surface area (Å²) in [5.74, 6) is 2.64. The molecule has 2 aliphatic rings. The first-order valence-corrected chi connectivity index (χ1v) is 8.69. The summed E-state index contributed by atoms with van der Waals surface area (Å²) in [5.41, 5.74) is 1.47. The highest BCUT2D eigenvalue weighted by molar-refractivity contribution is 5.15. The van der Waals surface area contributed by atoms with Gasteiger partial charge in [0.25, 0.3) is 0 Å². The van der Waals surface area contributed by atoms with Gasteiger partial charge >= 0.3 is 0 Å². The Morgan fingerprint density at radius 2 is 1.76 bits per heavy atom. The van der Waals surface area contributed by atoms with Crippen LogP contribution in [0.3, 0.4) is 0 Å². The third-order valence-electron chi connectivity index (χ3n) is 5.76. The second kappa shape index (κ2) is 6.50. The van der Waals surface area contributed by atoms with Crippen molar-refractivity contribution in [2.45, 2.75) is 39.3 Å². The van der Waals surface area contributed by atoms with Crippen LogP contribution in [0.15, 0.2) is 30.3 Å². The number of hydrogen-bond donors (Lipinski definition) is 0. The van der Waals surface area contributed by atoms with E-state index in [1.807, 2.05) is 0 Å². The van der Waals surface area contributed by atoms with Gasteiger partial charge in [0, 0.05) is 32.2 Å². The average Bonchev–Trinajstić information content (AvgIpc) is 2.99. The molecular weight excluding hydrogens is 256 g/mol. The lowest BCUT2D eigenvalue weighted by atomic mass is 9.83. The van der Waals surface area contributed by atoms with Crippen LogP contribution in [0.4, 0.5) is 0 Å². The third kappa shape index (κ3) is 3.02. The van der Waals surface area contributed by atoms with Gasteiger partial charge in [0.15, 0.2) is 0 Å². The van der Waals surface area contributed by atoms with Gasteiger partial charge in [0.05, 0.1) is 0 Å². The van der Waals surface area contributed by atoms with E-state index < -0.39 is 0 Å². The maximum Gasteiger partial charge on any atom is 0.0237 e. The van der Waals surface area contributed by atoms with E-state index in [0.717, 1.165) is 30.3 Å². The second-order valence-corrected chi connectivity index (χ2v) is 7.13. The fourth-order valence-corrected chi connectivity index (χ4v) is 4.80. The zero-order chi connectivity index (χ0) is 14.8. The van der Waals surface area contributed by atoms with E-state index >= 15 is 0 Å². The van der Waals surface area contributed by atoms with Gasteiger partial charge in [0.1, 0.15) is 0 Å². The van der Waals surface area contributed by atoms with Crippen molar-refractivity contribution in [2.24, 2.45) is 17.8 Å². The van der Waals surface area contributed by atoms with Crippen molar-refractivity contribution >= 4 is 0 Å². The van der Waals surface area contributed by atoms with Gasteiger partial charge in [0.2, 0.25) is 0 Å². The van der Waals surface area contributed by atoms with Crippen LogP contribution in [-0.4, -0.2) is 42.5 Å². The molecule has 0 amide bonds. The van der Waals surface area contributed by atoms with E-state index in [1.165, 1.54) is 38.0 Å². The van der Waals surface area contributed by atoms with Crippen LogP contribution in [0.2, 0.25) is 0 Å². The maximum atomic E-state index is 2.80. The van der Waals surface area contributed by atoms with Gasteiger partial charge in [-0.15, -0.1) is 0 Å². The fraction of sp³-hybridized carbons (Fsp3) is 0.684. The van der Waals surface area contributed by atoms with Crippen molar-refractivity contribution in [2.75, 3.05) is 26.7 Å². The first-order valence-electron chi connectivity index (χ1n) is 8.69. The van der Waals surface area contributed by atoms with E-state index in [9.17, 15) is 0 Å². The Morgan fingerprint density at radius 3 is 2.43 bits per heavy atom. The molecule has 2 saturated heterocycles. The molecule has 2 heterocycles. The summed E-state index contributed by atoms with van der Waals surface area (Å²) < 4.78 is 0. The van der Waals surface area contributed by atoms with Crippen LogP contribution in [0.25, 0.3) is 0 Å². The van der Waals surface area contributed by atoms with Crippen molar-refractivity contribution in [1.82, 2.24) is 9.80 Å². The zero-order valence-corrected chi connectivity index (χ0v) is 13.8. The summed E-state index contributed by atoms with van der Waals surface area (Å²) >= 11 is 0. The minimum absolute atomic E-state index is 0.787. The molecule has 21 heavy (non-hydrogen) atoms. The van der Waals surface area contributed by atoms with Gasteiger partial charge < -0.3 is 4.90 Å². The Kier molecular flexibility index (Phi) is 4.66. The summed E-state index contributed by atoms with van der Waals surface area (Å²) in [6.45, 7) is 9.79. The molecule has 0 saturated carbocycles. The van der Waals surface area contributed by atoms with Gasteiger partial charge in [-0.2, -0.15) is 0 Å². The van der Waals surface area contributed by atoms with Crippen molar-refractivity contribution in [3.05, 3.63) is 35.9 Å². The van der Waals surface area contributed by atoms with Crippen LogP contribution in [0.5, 0.6) is 0 Å². The molecule has 2 heteroatoms. The van der Waals surface area contributed by atoms with Gasteiger partial charge in [-0.1, -0.05) is 57.0 Å². The van der Waals surface area contributed by atoms with Crippen LogP contribution >= 0.6 is 0 Å². The Labute approximate surface area is 130 Å². The van der Waals surface area contributed by atoms with Crippen molar-refractivity contribution in [1.29, 1.82) is 0 Å². The molecule has 0 bridgehead atoms. The minimum Gasteiger partial charge on any atom is -0.306 e. The lowest BCUT2D eigenvalue weighted by molar-refractivity contribution is 0.134. The summed E-state index contributed by atoms with van der Waals surface area (Å²) in [5, 5.41) is 0. The normalized spacial score (nSPS) is 30.2. The molecule has 116 valence electrons. The zero-order valence-electron chi connectivity index (χ0n) is 13.8. The first kappa shape index (κ1) is 15.1. The van der Waals surface area contributed by atoms with Crippen LogP contribution in [0.1, 0.15) is 32.3 Å². The largest absolute Gasteiger partial charge is 0.306 e. The molecule has 3 atom stereocenters. The average molecular weight is 286 g/mol. The van der Waals surface area contributed by atoms with Gasteiger partial charge in [-0.3, -0.25) is 4.90 Å². The van der Waals surface area contributed by atoms with E-state index in [0.29, 0.717) is 0 Å². The summed E-state index contributed by atoms with van der Waals surface area (Å²) in [6.07, 6.45) is 2.64. The quantitative estimate of drug-likeness (QED) is 0.817. The number of rotatable bonds is 5. The Balaban J connectivity index is 1.78. The molecule has 1 aromatic carbocycles. The third-order valence-corrected chi connectivity index (χ3v) is 5.76. The molecule has 2 aliphatic heterocycles. The number of hydrogen-bond acceptors (Lipinski definition) is 2. The van der Waals surface area contributed by atoms with E-state index in [1.54, 1.807) is 0 Å². The number of benzene rings is 1. The number of fused-ring (bicyclic) bond motifs is 1. The highest BCUT2D eigenvalue weighted by Gasteiger charge is 2.47.